The topological polar surface area (TPSA) is 81.4 Å². The quantitative estimate of drug-likeness (QED) is 0.595. The molecular weight excluding hydrogens is 403 g/mol. The number of hydrogen-bond acceptors (Lipinski definition) is 5. The highest BCUT2D eigenvalue weighted by Crippen LogP contribution is 2.26. The number of nitrogens with zero attached hydrogens (tertiary/aromatic N) is 1. The molecule has 0 saturated carbocycles. The minimum atomic E-state index is -1.02. The number of rotatable bonds is 5. The lowest BCUT2D eigenvalue weighted by atomic mass is 10.0. The molecule has 2 aromatic heterocycles. The zero-order valence-electron chi connectivity index (χ0n) is 15.5. The second-order valence-corrected chi connectivity index (χ2v) is 7.32. The Bertz CT molecular complexity index is 1060. The molecule has 2 heterocycles. The summed E-state index contributed by atoms with van der Waals surface area (Å²) in [6.07, 6.45) is 1.86. The maximum Gasteiger partial charge on any atom is 0.311 e. The third-order valence-electron chi connectivity index (χ3n) is 4.33. The molecule has 0 saturated heterocycles. The molecule has 146 valence electrons. The molecular formula is C20H18Cl2N2O4. The van der Waals surface area contributed by atoms with Crippen LogP contribution in [-0.2, 0) is 20.7 Å². The summed E-state index contributed by atoms with van der Waals surface area (Å²) in [5.41, 5.74) is 3.62. The summed E-state index contributed by atoms with van der Waals surface area (Å²) in [6.45, 7) is 5.46. The number of esters is 1. The number of ether oxygens (including phenoxy) is 1. The monoisotopic (exact) mass is 420 g/mol. The van der Waals surface area contributed by atoms with E-state index >= 15 is 0 Å². The van der Waals surface area contributed by atoms with Crippen molar-refractivity contribution in [3.8, 4) is 0 Å². The van der Waals surface area contributed by atoms with Crippen molar-refractivity contribution in [3.63, 3.8) is 0 Å². The molecule has 1 aromatic carbocycles. The van der Waals surface area contributed by atoms with E-state index in [0.29, 0.717) is 16.2 Å². The Morgan fingerprint density at radius 1 is 1.21 bits per heavy atom. The molecule has 3 rings (SSSR count). The van der Waals surface area contributed by atoms with E-state index in [9.17, 15) is 9.59 Å². The first-order valence-electron chi connectivity index (χ1n) is 8.53. The van der Waals surface area contributed by atoms with E-state index in [1.165, 1.54) is 25.5 Å². The van der Waals surface area contributed by atoms with Gasteiger partial charge in [0.15, 0.2) is 11.9 Å². The van der Waals surface area contributed by atoms with E-state index in [2.05, 4.69) is 10.3 Å². The van der Waals surface area contributed by atoms with E-state index in [-0.39, 0.29) is 17.3 Å². The summed E-state index contributed by atoms with van der Waals surface area (Å²) in [5, 5.41) is 3.90. The van der Waals surface area contributed by atoms with Gasteiger partial charge in [0, 0.05) is 17.1 Å². The third kappa shape index (κ3) is 4.46. The molecule has 6 nitrogen and oxygen atoms in total. The molecule has 1 atom stereocenters. The Balaban J connectivity index is 1.64. The van der Waals surface area contributed by atoms with Crippen LogP contribution >= 0.6 is 23.2 Å². The minimum Gasteiger partial charge on any atom is -0.464 e. The van der Waals surface area contributed by atoms with Crippen molar-refractivity contribution in [2.24, 2.45) is 0 Å². The highest BCUT2D eigenvalue weighted by Gasteiger charge is 2.21. The summed E-state index contributed by atoms with van der Waals surface area (Å²) in [5.74, 6) is -0.946. The largest absolute Gasteiger partial charge is 0.464 e. The average molecular weight is 421 g/mol. The van der Waals surface area contributed by atoms with Gasteiger partial charge in [0.05, 0.1) is 22.7 Å². The number of aryl methyl sites for hydroxylation is 2. The second-order valence-electron chi connectivity index (χ2n) is 6.48. The predicted molar refractivity (Wildman–Crippen MR) is 108 cm³/mol. The molecule has 0 aliphatic heterocycles. The maximum absolute atomic E-state index is 12.3. The Morgan fingerprint density at radius 2 is 1.93 bits per heavy atom. The second kappa shape index (κ2) is 8.20. The van der Waals surface area contributed by atoms with Crippen molar-refractivity contribution in [1.29, 1.82) is 0 Å². The fraction of sp³-hybridized carbons (Fsp3) is 0.250. The van der Waals surface area contributed by atoms with Crippen molar-refractivity contribution >= 4 is 51.9 Å². The number of amides is 1. The Hall–Kier alpha value is -2.57. The van der Waals surface area contributed by atoms with Gasteiger partial charge in [-0.2, -0.15) is 0 Å². The smallest absolute Gasteiger partial charge is 0.311 e. The first kappa shape index (κ1) is 20.2. The van der Waals surface area contributed by atoms with Gasteiger partial charge in [-0.15, -0.1) is 0 Å². The van der Waals surface area contributed by atoms with E-state index < -0.39 is 18.0 Å². The van der Waals surface area contributed by atoms with Crippen LogP contribution in [0.1, 0.15) is 23.6 Å². The number of benzene rings is 1. The zero-order valence-corrected chi connectivity index (χ0v) is 17.0. The first-order chi connectivity index (χ1) is 13.2. The molecule has 28 heavy (non-hydrogen) atoms. The number of furan rings is 1. The number of carbonyl (C=O) groups is 2. The lowest BCUT2D eigenvalue weighted by molar-refractivity contribution is -0.152. The van der Waals surface area contributed by atoms with Crippen LogP contribution in [0.25, 0.3) is 11.0 Å². The fourth-order valence-electron chi connectivity index (χ4n) is 2.65. The van der Waals surface area contributed by atoms with Gasteiger partial charge in [0.1, 0.15) is 5.58 Å². The molecule has 1 amide bonds. The molecule has 1 unspecified atom stereocenters. The van der Waals surface area contributed by atoms with Gasteiger partial charge < -0.3 is 14.5 Å². The number of aromatic nitrogens is 1. The normalized spacial score (nSPS) is 12.0. The van der Waals surface area contributed by atoms with E-state index in [4.69, 9.17) is 32.4 Å². The molecule has 0 spiro atoms. The number of nitrogens with one attached hydrogen (secondary N) is 1. The molecule has 0 aliphatic rings. The molecule has 0 bridgehead atoms. The van der Waals surface area contributed by atoms with Crippen LogP contribution in [0.2, 0.25) is 10.0 Å². The van der Waals surface area contributed by atoms with E-state index in [0.717, 1.165) is 16.5 Å². The average Bonchev–Trinajstić information content (AvgIpc) is 2.99. The number of halogens is 2. The summed E-state index contributed by atoms with van der Waals surface area (Å²) in [7, 11) is 0. The zero-order chi connectivity index (χ0) is 20.4. The number of hydrogen-bond donors (Lipinski definition) is 1. The Morgan fingerprint density at radius 3 is 2.64 bits per heavy atom. The summed E-state index contributed by atoms with van der Waals surface area (Å²) >= 11 is 11.8. The third-order valence-corrected chi connectivity index (χ3v) is 4.83. The van der Waals surface area contributed by atoms with Crippen molar-refractivity contribution in [3.05, 3.63) is 57.4 Å². The standard InChI is InChI=1S/C20H18Cl2N2O4/c1-10-4-15-13(9-27-17(15)5-11(10)2)6-18(25)28-12(3)20(26)24-19-16(22)7-14(21)8-23-19/h4-5,7-9,12H,6H2,1-3H3,(H,23,24,26). The molecule has 0 radical (unpaired) electrons. The molecule has 1 N–H and O–H groups in total. The Kier molecular flexibility index (Phi) is 5.91. The van der Waals surface area contributed by atoms with Crippen LogP contribution in [0.3, 0.4) is 0 Å². The number of pyridine rings is 1. The SMILES string of the molecule is Cc1cc2occ(CC(=O)OC(C)C(=O)Nc3ncc(Cl)cc3Cl)c2cc1C. The lowest BCUT2D eigenvalue weighted by Crippen LogP contribution is -2.30. The molecule has 3 aromatic rings. The van der Waals surface area contributed by atoms with Crippen molar-refractivity contribution in [2.45, 2.75) is 33.3 Å². The van der Waals surface area contributed by atoms with Gasteiger partial charge in [-0.05, 0) is 50.1 Å². The van der Waals surface area contributed by atoms with Gasteiger partial charge in [0.2, 0.25) is 0 Å². The number of anilines is 1. The lowest BCUT2D eigenvalue weighted by Gasteiger charge is -2.13. The van der Waals surface area contributed by atoms with E-state index in [1.807, 2.05) is 26.0 Å². The van der Waals surface area contributed by atoms with Crippen molar-refractivity contribution in [2.75, 3.05) is 5.32 Å². The molecule has 0 aliphatic carbocycles. The van der Waals surface area contributed by atoms with Crippen LogP contribution in [0.15, 0.2) is 35.1 Å². The molecule has 8 heteroatoms. The highest BCUT2D eigenvalue weighted by molar-refractivity contribution is 6.36. The predicted octanol–water partition coefficient (Wildman–Crippen LogP) is 4.86. The highest BCUT2D eigenvalue weighted by atomic mass is 35.5. The van der Waals surface area contributed by atoms with E-state index in [1.54, 1.807) is 0 Å². The van der Waals surface area contributed by atoms with Crippen LogP contribution in [0, 0.1) is 13.8 Å². The van der Waals surface area contributed by atoms with Gasteiger partial charge in [-0.3, -0.25) is 9.59 Å². The van der Waals surface area contributed by atoms with Crippen LogP contribution in [0.4, 0.5) is 5.82 Å². The van der Waals surface area contributed by atoms with Crippen molar-refractivity contribution in [1.82, 2.24) is 4.98 Å². The Labute approximate surface area is 171 Å². The van der Waals surface area contributed by atoms with Gasteiger partial charge in [-0.25, -0.2) is 4.98 Å². The van der Waals surface area contributed by atoms with Gasteiger partial charge in [-0.1, -0.05) is 23.2 Å². The minimum absolute atomic E-state index is 0.00687. The number of fused-ring (bicyclic) bond motifs is 1. The van der Waals surface area contributed by atoms with Gasteiger partial charge in [0.25, 0.3) is 5.91 Å². The first-order valence-corrected chi connectivity index (χ1v) is 9.29. The fourth-order valence-corrected chi connectivity index (χ4v) is 3.07. The van der Waals surface area contributed by atoms with Crippen LogP contribution in [-0.4, -0.2) is 23.0 Å². The van der Waals surface area contributed by atoms with Crippen LogP contribution < -0.4 is 5.32 Å². The van der Waals surface area contributed by atoms with Gasteiger partial charge >= 0.3 is 5.97 Å². The molecule has 0 fully saturated rings. The maximum atomic E-state index is 12.3. The van der Waals surface area contributed by atoms with Crippen molar-refractivity contribution < 1.29 is 18.7 Å². The summed E-state index contributed by atoms with van der Waals surface area (Å²) in [4.78, 5) is 28.5. The summed E-state index contributed by atoms with van der Waals surface area (Å²) < 4.78 is 10.8. The summed E-state index contributed by atoms with van der Waals surface area (Å²) in [6, 6.07) is 5.36. The number of carbonyl (C=O) groups excluding carboxylic acids is 2. The van der Waals surface area contributed by atoms with Crippen LogP contribution in [0.5, 0.6) is 0 Å².